The minimum Gasteiger partial charge on any atom is -0.441 e. The van der Waals surface area contributed by atoms with E-state index in [2.05, 4.69) is 27.0 Å². The molecule has 84 valence electrons. The average Bonchev–Trinajstić information content (AvgIpc) is 2.71. The summed E-state index contributed by atoms with van der Waals surface area (Å²) in [5, 5.41) is 0. The molecule has 0 fully saturated rings. The summed E-state index contributed by atoms with van der Waals surface area (Å²) < 4.78 is 6.69. The van der Waals surface area contributed by atoms with Crippen LogP contribution in [-0.4, -0.2) is 11.5 Å². The van der Waals surface area contributed by atoms with Crippen LogP contribution in [0.5, 0.6) is 0 Å². The third kappa shape index (κ3) is 2.33. The molecule has 0 atom stereocenters. The maximum Gasteiger partial charge on any atom is 0.196 e. The number of hydrogen-bond donors (Lipinski definition) is 1. The van der Waals surface area contributed by atoms with Crippen molar-refractivity contribution in [3.05, 3.63) is 40.3 Å². The van der Waals surface area contributed by atoms with Crippen LogP contribution in [0.2, 0.25) is 0 Å². The summed E-state index contributed by atoms with van der Waals surface area (Å²) in [6.07, 6.45) is 2.42. The fourth-order valence-corrected chi connectivity index (χ4v) is 1.73. The number of oxazole rings is 1. The third-order valence-electron chi connectivity index (χ3n) is 2.35. The van der Waals surface area contributed by atoms with Gasteiger partial charge in [-0.3, -0.25) is 0 Å². The van der Waals surface area contributed by atoms with Gasteiger partial charge >= 0.3 is 0 Å². The van der Waals surface area contributed by atoms with E-state index in [-0.39, 0.29) is 0 Å². The zero-order chi connectivity index (χ0) is 11.5. The summed E-state index contributed by atoms with van der Waals surface area (Å²) in [5.41, 5.74) is 7.66. The monoisotopic (exact) mass is 280 g/mol. The number of rotatable bonds is 3. The molecule has 0 unspecified atom stereocenters. The van der Waals surface area contributed by atoms with E-state index in [9.17, 15) is 0 Å². The van der Waals surface area contributed by atoms with Crippen molar-refractivity contribution < 1.29 is 4.42 Å². The van der Waals surface area contributed by atoms with Gasteiger partial charge in [0.15, 0.2) is 11.7 Å². The molecule has 4 heteroatoms. The van der Waals surface area contributed by atoms with Gasteiger partial charge in [-0.05, 0) is 24.6 Å². The first kappa shape index (κ1) is 11.4. The standard InChI is InChI=1S/C12H13BrN2O/c1-8-6-9(2-3-10(8)13)11-7-15-12(16-11)4-5-14/h2-3,6-7H,4-5,14H2,1H3. The van der Waals surface area contributed by atoms with Gasteiger partial charge in [-0.25, -0.2) is 4.98 Å². The highest BCUT2D eigenvalue weighted by atomic mass is 79.9. The van der Waals surface area contributed by atoms with Gasteiger partial charge in [-0.2, -0.15) is 0 Å². The van der Waals surface area contributed by atoms with Gasteiger partial charge in [-0.15, -0.1) is 0 Å². The Labute approximate surface area is 103 Å². The van der Waals surface area contributed by atoms with Crippen molar-refractivity contribution >= 4 is 15.9 Å². The number of hydrogen-bond acceptors (Lipinski definition) is 3. The number of benzene rings is 1. The van der Waals surface area contributed by atoms with Crippen LogP contribution in [0.4, 0.5) is 0 Å². The minimum atomic E-state index is 0.555. The van der Waals surface area contributed by atoms with Gasteiger partial charge in [0.1, 0.15) is 0 Å². The van der Waals surface area contributed by atoms with Crippen molar-refractivity contribution in [2.75, 3.05) is 6.54 Å². The predicted molar refractivity (Wildman–Crippen MR) is 67.1 cm³/mol. The fourth-order valence-electron chi connectivity index (χ4n) is 1.48. The van der Waals surface area contributed by atoms with Crippen LogP contribution in [0.3, 0.4) is 0 Å². The second kappa shape index (κ2) is 4.80. The van der Waals surface area contributed by atoms with Crippen molar-refractivity contribution in [2.45, 2.75) is 13.3 Å². The number of nitrogens with two attached hydrogens (primary N) is 1. The Morgan fingerprint density at radius 3 is 2.94 bits per heavy atom. The first-order chi connectivity index (χ1) is 7.70. The van der Waals surface area contributed by atoms with Crippen LogP contribution in [0.15, 0.2) is 33.3 Å². The summed E-state index contributed by atoms with van der Waals surface area (Å²) in [4.78, 5) is 4.18. The second-order valence-electron chi connectivity index (χ2n) is 3.62. The highest BCUT2D eigenvalue weighted by molar-refractivity contribution is 9.10. The third-order valence-corrected chi connectivity index (χ3v) is 3.24. The highest BCUT2D eigenvalue weighted by Gasteiger charge is 2.06. The Morgan fingerprint density at radius 2 is 2.25 bits per heavy atom. The number of nitrogens with zero attached hydrogens (tertiary/aromatic N) is 1. The van der Waals surface area contributed by atoms with E-state index in [1.54, 1.807) is 6.20 Å². The molecule has 0 aliphatic heterocycles. The van der Waals surface area contributed by atoms with Gasteiger partial charge in [0, 0.05) is 23.0 Å². The molecule has 2 aromatic rings. The van der Waals surface area contributed by atoms with Crippen molar-refractivity contribution in [3.63, 3.8) is 0 Å². The molecule has 0 saturated heterocycles. The molecule has 1 aromatic carbocycles. The molecule has 0 saturated carbocycles. The van der Waals surface area contributed by atoms with E-state index in [4.69, 9.17) is 10.2 Å². The van der Waals surface area contributed by atoms with Gasteiger partial charge < -0.3 is 10.2 Å². The quantitative estimate of drug-likeness (QED) is 0.941. The normalized spacial score (nSPS) is 10.7. The van der Waals surface area contributed by atoms with Crippen molar-refractivity contribution in [2.24, 2.45) is 5.73 Å². The Morgan fingerprint density at radius 1 is 1.44 bits per heavy atom. The zero-order valence-electron chi connectivity index (χ0n) is 9.03. The summed E-state index contributed by atoms with van der Waals surface area (Å²) >= 11 is 3.47. The average molecular weight is 281 g/mol. The Kier molecular flexibility index (Phi) is 3.41. The molecule has 16 heavy (non-hydrogen) atoms. The molecule has 2 N–H and O–H groups in total. The minimum absolute atomic E-state index is 0.555. The number of aromatic nitrogens is 1. The highest BCUT2D eigenvalue weighted by Crippen LogP contribution is 2.25. The van der Waals surface area contributed by atoms with Crippen molar-refractivity contribution in [1.82, 2.24) is 4.98 Å². The van der Waals surface area contributed by atoms with E-state index in [1.165, 1.54) is 5.56 Å². The summed E-state index contributed by atoms with van der Waals surface area (Å²) in [5.74, 6) is 1.48. The molecule has 1 heterocycles. The zero-order valence-corrected chi connectivity index (χ0v) is 10.6. The van der Waals surface area contributed by atoms with E-state index in [1.807, 2.05) is 19.1 Å². The van der Waals surface area contributed by atoms with Gasteiger partial charge in [0.05, 0.1) is 6.20 Å². The lowest BCUT2D eigenvalue weighted by molar-refractivity contribution is 0.508. The van der Waals surface area contributed by atoms with Crippen LogP contribution >= 0.6 is 15.9 Å². The van der Waals surface area contributed by atoms with Crippen molar-refractivity contribution in [1.29, 1.82) is 0 Å². The summed E-state index contributed by atoms with van der Waals surface area (Å²) in [6, 6.07) is 6.08. The molecule has 0 amide bonds. The van der Waals surface area contributed by atoms with Crippen LogP contribution in [0, 0.1) is 6.92 Å². The molecular formula is C12H13BrN2O. The van der Waals surface area contributed by atoms with Crippen LogP contribution in [0.25, 0.3) is 11.3 Å². The topological polar surface area (TPSA) is 52.0 Å². The Hall–Kier alpha value is -1.13. The molecule has 3 nitrogen and oxygen atoms in total. The summed E-state index contributed by atoms with van der Waals surface area (Å²) in [7, 11) is 0. The van der Waals surface area contributed by atoms with E-state index in [0.29, 0.717) is 18.9 Å². The Balaban J connectivity index is 2.31. The van der Waals surface area contributed by atoms with E-state index in [0.717, 1.165) is 15.8 Å². The lowest BCUT2D eigenvalue weighted by Crippen LogP contribution is -2.02. The molecule has 0 spiro atoms. The van der Waals surface area contributed by atoms with Crippen LogP contribution in [0.1, 0.15) is 11.5 Å². The molecular weight excluding hydrogens is 268 g/mol. The summed E-state index contributed by atoms with van der Waals surface area (Å²) in [6.45, 7) is 2.60. The molecule has 0 radical (unpaired) electrons. The second-order valence-corrected chi connectivity index (χ2v) is 4.48. The lowest BCUT2D eigenvalue weighted by Gasteiger charge is -2.00. The van der Waals surface area contributed by atoms with Gasteiger partial charge in [0.2, 0.25) is 0 Å². The van der Waals surface area contributed by atoms with Crippen LogP contribution < -0.4 is 5.73 Å². The van der Waals surface area contributed by atoms with Gasteiger partial charge in [0.25, 0.3) is 0 Å². The number of halogens is 1. The maximum atomic E-state index is 5.60. The molecule has 0 aliphatic carbocycles. The molecule has 2 rings (SSSR count). The smallest absolute Gasteiger partial charge is 0.196 e. The van der Waals surface area contributed by atoms with Crippen LogP contribution in [-0.2, 0) is 6.42 Å². The van der Waals surface area contributed by atoms with E-state index >= 15 is 0 Å². The maximum absolute atomic E-state index is 5.60. The predicted octanol–water partition coefficient (Wildman–Crippen LogP) is 2.91. The molecule has 1 aromatic heterocycles. The lowest BCUT2D eigenvalue weighted by atomic mass is 10.1. The molecule has 0 aliphatic rings. The largest absolute Gasteiger partial charge is 0.441 e. The number of aryl methyl sites for hydroxylation is 1. The van der Waals surface area contributed by atoms with Crippen molar-refractivity contribution in [3.8, 4) is 11.3 Å². The molecule has 0 bridgehead atoms. The van der Waals surface area contributed by atoms with E-state index < -0.39 is 0 Å². The first-order valence-corrected chi connectivity index (χ1v) is 5.91. The SMILES string of the molecule is Cc1cc(-c2cnc(CCN)o2)ccc1Br. The first-order valence-electron chi connectivity index (χ1n) is 5.12. The van der Waals surface area contributed by atoms with Gasteiger partial charge in [-0.1, -0.05) is 22.0 Å². The fraction of sp³-hybridized carbons (Fsp3) is 0.250. The Bertz CT molecular complexity index is 494.